The Bertz CT molecular complexity index is 50.3. The number of hydrogen-bond donors (Lipinski definition) is 0. The van der Waals surface area contributed by atoms with Crippen LogP contribution in [0.2, 0.25) is 6.04 Å². The van der Waals surface area contributed by atoms with E-state index < -0.39 is 0 Å². The highest BCUT2D eigenvalue weighted by Gasteiger charge is 1.81. The van der Waals surface area contributed by atoms with Gasteiger partial charge in [0.25, 0.3) is 0 Å². The molecule has 0 bridgehead atoms. The van der Waals surface area contributed by atoms with Crippen LogP contribution < -0.4 is 0 Å². The first kappa shape index (κ1) is 8.09. The van der Waals surface area contributed by atoms with E-state index in [-0.39, 0.29) is 0 Å². The molecule has 0 amide bonds. The first-order valence-corrected chi connectivity index (χ1v) is 5.16. The summed E-state index contributed by atoms with van der Waals surface area (Å²) in [6, 6.07) is 1.40. The van der Waals surface area contributed by atoms with Crippen LogP contribution in [0, 0.1) is 0 Å². The summed E-state index contributed by atoms with van der Waals surface area (Å²) in [7, 11) is 0.528. The quantitative estimate of drug-likeness (QED) is 0.391. The fourth-order valence-corrected chi connectivity index (χ4v) is 1.29. The summed E-state index contributed by atoms with van der Waals surface area (Å²) in [5.74, 6) is 0. The lowest BCUT2D eigenvalue weighted by molar-refractivity contribution is 0.701. The minimum absolute atomic E-state index is 0.528. The lowest BCUT2D eigenvalue weighted by atomic mass is 10.2. The molecular weight excluding hydrogens is 112 g/mol. The zero-order valence-corrected chi connectivity index (χ0v) is 6.97. The van der Waals surface area contributed by atoms with Crippen molar-refractivity contribution in [3.8, 4) is 0 Å². The highest BCUT2D eigenvalue weighted by molar-refractivity contribution is 6.40. The number of rotatable bonds is 5. The van der Waals surface area contributed by atoms with Crippen LogP contribution in [0.25, 0.3) is 0 Å². The van der Waals surface area contributed by atoms with Crippen molar-refractivity contribution < 1.29 is 0 Å². The van der Waals surface area contributed by atoms with Crippen LogP contribution in [0.1, 0.15) is 32.6 Å². The van der Waals surface area contributed by atoms with Gasteiger partial charge in [-0.15, -0.1) is 6.17 Å². The third-order valence-corrected chi connectivity index (χ3v) is 2.08. The molecule has 0 saturated carbocycles. The normalized spacial score (nSPS) is 9.12. The largest absolute Gasteiger partial charge is 0.121 e. The molecule has 0 aliphatic heterocycles. The van der Waals surface area contributed by atoms with Gasteiger partial charge in [0.1, 0.15) is 0 Å². The van der Waals surface area contributed by atoms with Gasteiger partial charge in [0, 0.05) is 0 Å². The van der Waals surface area contributed by atoms with Crippen molar-refractivity contribution >= 4 is 15.3 Å². The Morgan fingerprint density at radius 3 is 2.50 bits per heavy atom. The van der Waals surface area contributed by atoms with E-state index in [0.29, 0.717) is 9.13 Å². The summed E-state index contributed by atoms with van der Waals surface area (Å²) in [6.07, 6.45) is 9.49. The van der Waals surface area contributed by atoms with Crippen LogP contribution in [0.5, 0.6) is 0 Å². The maximum absolute atomic E-state index is 3.87. The lowest BCUT2D eigenvalue weighted by Crippen LogP contribution is -1.76. The first-order valence-electron chi connectivity index (χ1n) is 3.52. The van der Waals surface area contributed by atoms with Crippen molar-refractivity contribution in [2.45, 2.75) is 38.7 Å². The molecule has 0 unspecified atom stereocenters. The second-order valence-electron chi connectivity index (χ2n) is 2.14. The molecule has 0 rings (SSSR count). The van der Waals surface area contributed by atoms with Gasteiger partial charge >= 0.3 is 0 Å². The third-order valence-electron chi connectivity index (χ3n) is 1.26. The van der Waals surface area contributed by atoms with E-state index in [1.165, 1.54) is 31.7 Å². The van der Waals surface area contributed by atoms with E-state index in [2.05, 4.69) is 13.1 Å². The molecule has 0 aromatic heterocycles. The number of unbranched alkanes of at least 4 members (excludes halogenated alkanes) is 3. The van der Waals surface area contributed by atoms with Gasteiger partial charge in [0.05, 0.1) is 0 Å². The molecule has 0 fully saturated rings. The first-order chi connectivity index (χ1) is 3.91. The van der Waals surface area contributed by atoms with Crippen molar-refractivity contribution in [1.29, 1.82) is 0 Å². The Balaban J connectivity index is 2.62. The summed E-state index contributed by atoms with van der Waals surface area (Å²) in [5, 5.41) is 0. The van der Waals surface area contributed by atoms with E-state index >= 15 is 0 Å². The minimum Gasteiger partial charge on any atom is -0.121 e. The summed E-state index contributed by atoms with van der Waals surface area (Å²) in [6.45, 7) is 2.25. The van der Waals surface area contributed by atoms with Crippen molar-refractivity contribution in [1.82, 2.24) is 0 Å². The van der Waals surface area contributed by atoms with Gasteiger partial charge in [0.2, 0.25) is 0 Å². The van der Waals surface area contributed by atoms with E-state index in [0.717, 1.165) is 0 Å². The summed E-state index contributed by atoms with van der Waals surface area (Å²) < 4.78 is 0. The summed E-state index contributed by atoms with van der Waals surface area (Å²) in [5.41, 5.74) is 0. The van der Waals surface area contributed by atoms with Gasteiger partial charge < -0.3 is 0 Å². The molecule has 0 saturated heterocycles. The Morgan fingerprint density at radius 2 is 2.00 bits per heavy atom. The maximum atomic E-state index is 3.87. The number of hydrogen-bond acceptors (Lipinski definition) is 0. The molecule has 0 radical (unpaired) electrons. The second kappa shape index (κ2) is 7.09. The maximum Gasteiger partial charge on any atom is -0.0154 e. The summed E-state index contributed by atoms with van der Waals surface area (Å²) >= 11 is 0. The van der Waals surface area contributed by atoms with Crippen LogP contribution in [0.4, 0.5) is 0 Å². The molecule has 0 atom stereocenters. The van der Waals surface area contributed by atoms with Crippen molar-refractivity contribution in [3.05, 3.63) is 0 Å². The molecule has 0 aromatic rings. The average molecular weight is 128 g/mol. The molecular formula is C7H16Si. The molecule has 1 heteroatoms. The van der Waals surface area contributed by atoms with Gasteiger partial charge in [-0.05, 0) is 15.2 Å². The molecule has 0 heterocycles. The Hall–Kier alpha value is 0.0869. The molecule has 0 aliphatic rings. The Morgan fingerprint density at radius 1 is 1.25 bits per heavy atom. The molecule has 0 aliphatic carbocycles. The molecule has 48 valence electrons. The van der Waals surface area contributed by atoms with Crippen LogP contribution >= 0.6 is 0 Å². The predicted molar refractivity (Wildman–Crippen MR) is 43.2 cm³/mol. The molecule has 0 aromatic carbocycles. The Kier molecular flexibility index (Phi) is 7.16. The van der Waals surface area contributed by atoms with E-state index in [9.17, 15) is 0 Å². The van der Waals surface area contributed by atoms with Gasteiger partial charge in [0.15, 0.2) is 0 Å². The smallest absolute Gasteiger partial charge is 0.0154 e. The van der Waals surface area contributed by atoms with E-state index in [1.54, 1.807) is 0 Å². The average Bonchev–Trinajstić information content (AvgIpc) is 1.81. The highest BCUT2D eigenvalue weighted by atomic mass is 28.2. The predicted octanol–water partition coefficient (Wildman–Crippen LogP) is 1.85. The van der Waals surface area contributed by atoms with Gasteiger partial charge in [-0.3, -0.25) is 0 Å². The van der Waals surface area contributed by atoms with Gasteiger partial charge in [-0.25, -0.2) is 0 Å². The third kappa shape index (κ3) is 6.09. The monoisotopic (exact) mass is 128 g/mol. The lowest BCUT2D eigenvalue weighted by Gasteiger charge is -1.91. The van der Waals surface area contributed by atoms with Crippen LogP contribution in [-0.4, -0.2) is 15.3 Å². The molecule has 0 spiro atoms. The summed E-state index contributed by atoms with van der Waals surface area (Å²) in [4.78, 5) is 0. The standard InChI is InChI=1S/C7H16Si/c1-3-4-5-6-7-8-2/h8H,2-7H2,1H3. The van der Waals surface area contributed by atoms with Crippen LogP contribution in [-0.2, 0) is 0 Å². The fourth-order valence-electron chi connectivity index (χ4n) is 0.715. The van der Waals surface area contributed by atoms with E-state index in [4.69, 9.17) is 0 Å². The highest BCUT2D eigenvalue weighted by Crippen LogP contribution is 1.99. The van der Waals surface area contributed by atoms with Crippen molar-refractivity contribution in [2.75, 3.05) is 0 Å². The van der Waals surface area contributed by atoms with E-state index in [1.807, 2.05) is 0 Å². The SMILES string of the molecule is C=[SiH]CCCCCC. The van der Waals surface area contributed by atoms with Crippen molar-refractivity contribution in [2.24, 2.45) is 0 Å². The van der Waals surface area contributed by atoms with Crippen molar-refractivity contribution in [3.63, 3.8) is 0 Å². The van der Waals surface area contributed by atoms with Crippen LogP contribution in [0.15, 0.2) is 0 Å². The molecule has 0 nitrogen and oxygen atoms in total. The molecule has 8 heavy (non-hydrogen) atoms. The minimum atomic E-state index is 0.528. The topological polar surface area (TPSA) is 0 Å². The van der Waals surface area contributed by atoms with Gasteiger partial charge in [-0.1, -0.05) is 32.6 Å². The van der Waals surface area contributed by atoms with Crippen LogP contribution in [0.3, 0.4) is 0 Å². The zero-order chi connectivity index (χ0) is 6.24. The fraction of sp³-hybridized carbons (Fsp3) is 0.857. The Labute approximate surface area is 54.7 Å². The molecule has 0 N–H and O–H groups in total. The second-order valence-corrected chi connectivity index (χ2v) is 3.29. The van der Waals surface area contributed by atoms with Gasteiger partial charge in [-0.2, -0.15) is 0 Å². The zero-order valence-electron chi connectivity index (χ0n) is 5.82.